The van der Waals surface area contributed by atoms with Crippen LogP contribution in [0.4, 0.5) is 5.69 Å². The maximum atomic E-state index is 12.8. The molecule has 1 atom stereocenters. The SMILES string of the molecule is O=C(O)c1ccc(N2CCOCC2)c(S(=O)(=O)NCC2CCCO2)c1. The number of rotatable bonds is 6. The van der Waals surface area contributed by atoms with Crippen LogP contribution in [0.5, 0.6) is 0 Å². The first-order valence-electron chi connectivity index (χ1n) is 8.29. The number of sulfonamides is 1. The van der Waals surface area contributed by atoms with Crippen molar-refractivity contribution in [2.24, 2.45) is 0 Å². The van der Waals surface area contributed by atoms with Crippen LogP contribution in [-0.4, -0.2) is 65.1 Å². The molecule has 1 unspecified atom stereocenters. The number of aromatic carboxylic acids is 1. The smallest absolute Gasteiger partial charge is 0.335 e. The maximum absolute atomic E-state index is 12.8. The molecule has 2 aliphatic heterocycles. The zero-order valence-electron chi connectivity index (χ0n) is 13.8. The van der Waals surface area contributed by atoms with Gasteiger partial charge in [-0.15, -0.1) is 0 Å². The molecule has 0 aromatic heterocycles. The topological polar surface area (TPSA) is 105 Å². The van der Waals surface area contributed by atoms with E-state index in [1.165, 1.54) is 12.1 Å². The lowest BCUT2D eigenvalue weighted by Gasteiger charge is -2.30. The van der Waals surface area contributed by atoms with E-state index in [4.69, 9.17) is 9.47 Å². The normalized spacial score (nSPS) is 21.4. The van der Waals surface area contributed by atoms with Crippen LogP contribution in [0, 0.1) is 0 Å². The third kappa shape index (κ3) is 4.30. The summed E-state index contributed by atoms with van der Waals surface area (Å²) in [5.41, 5.74) is 0.433. The summed E-state index contributed by atoms with van der Waals surface area (Å²) in [6.07, 6.45) is 1.60. The molecule has 0 bridgehead atoms. The van der Waals surface area contributed by atoms with Gasteiger partial charge < -0.3 is 19.5 Å². The molecule has 8 nitrogen and oxygen atoms in total. The Morgan fingerprint density at radius 3 is 2.68 bits per heavy atom. The molecule has 0 spiro atoms. The van der Waals surface area contributed by atoms with E-state index < -0.39 is 16.0 Å². The fourth-order valence-electron chi connectivity index (χ4n) is 3.01. The molecule has 9 heteroatoms. The summed E-state index contributed by atoms with van der Waals surface area (Å²) in [5, 5.41) is 9.21. The molecule has 0 amide bonds. The fraction of sp³-hybridized carbons (Fsp3) is 0.562. The molecular formula is C16H22N2O6S. The lowest BCUT2D eigenvalue weighted by molar-refractivity contribution is 0.0696. The Morgan fingerprint density at radius 1 is 1.28 bits per heavy atom. The summed E-state index contributed by atoms with van der Waals surface area (Å²) < 4.78 is 38.9. The van der Waals surface area contributed by atoms with Crippen molar-refractivity contribution in [2.45, 2.75) is 23.8 Å². The summed E-state index contributed by atoms with van der Waals surface area (Å²) in [7, 11) is -3.86. The highest BCUT2D eigenvalue weighted by Gasteiger charge is 2.26. The zero-order chi connectivity index (χ0) is 17.9. The first-order chi connectivity index (χ1) is 12.0. The third-order valence-electron chi connectivity index (χ3n) is 4.37. The van der Waals surface area contributed by atoms with Gasteiger partial charge in [0, 0.05) is 26.2 Å². The van der Waals surface area contributed by atoms with Gasteiger partial charge in [-0.05, 0) is 31.0 Å². The summed E-state index contributed by atoms with van der Waals surface area (Å²) >= 11 is 0. The van der Waals surface area contributed by atoms with Crippen molar-refractivity contribution < 1.29 is 27.8 Å². The van der Waals surface area contributed by atoms with Gasteiger partial charge in [0.2, 0.25) is 10.0 Å². The van der Waals surface area contributed by atoms with Crippen LogP contribution in [0.25, 0.3) is 0 Å². The number of morpholine rings is 1. The Balaban J connectivity index is 1.89. The maximum Gasteiger partial charge on any atom is 0.335 e. The number of carbonyl (C=O) groups is 1. The second-order valence-corrected chi connectivity index (χ2v) is 7.81. The van der Waals surface area contributed by atoms with E-state index in [1.807, 2.05) is 4.90 Å². The molecule has 3 rings (SSSR count). The van der Waals surface area contributed by atoms with Crippen molar-refractivity contribution in [3.05, 3.63) is 23.8 Å². The van der Waals surface area contributed by atoms with E-state index in [1.54, 1.807) is 6.07 Å². The van der Waals surface area contributed by atoms with Crippen LogP contribution in [0.2, 0.25) is 0 Å². The lowest BCUT2D eigenvalue weighted by atomic mass is 10.2. The number of hydrogen-bond donors (Lipinski definition) is 2. The number of nitrogens with zero attached hydrogens (tertiary/aromatic N) is 1. The summed E-state index contributed by atoms with van der Waals surface area (Å²) in [5.74, 6) is -1.16. The quantitative estimate of drug-likeness (QED) is 0.758. The second kappa shape index (κ2) is 7.69. The lowest BCUT2D eigenvalue weighted by Crippen LogP contribution is -2.38. The van der Waals surface area contributed by atoms with Crippen molar-refractivity contribution in [1.82, 2.24) is 4.72 Å². The van der Waals surface area contributed by atoms with Gasteiger partial charge >= 0.3 is 5.97 Å². The zero-order valence-corrected chi connectivity index (χ0v) is 14.6. The first-order valence-corrected chi connectivity index (χ1v) is 9.77. The molecular weight excluding hydrogens is 348 g/mol. The van der Waals surface area contributed by atoms with E-state index in [-0.39, 0.29) is 23.1 Å². The Bertz CT molecular complexity index is 724. The molecule has 25 heavy (non-hydrogen) atoms. The summed E-state index contributed by atoms with van der Waals surface area (Å²) in [4.78, 5) is 13.1. The van der Waals surface area contributed by atoms with Crippen molar-refractivity contribution >= 4 is 21.7 Å². The molecule has 0 saturated carbocycles. The fourth-order valence-corrected chi connectivity index (χ4v) is 4.33. The number of anilines is 1. The minimum absolute atomic E-state index is 0.0210. The average Bonchev–Trinajstić information content (AvgIpc) is 3.14. The van der Waals surface area contributed by atoms with Gasteiger partial charge in [-0.2, -0.15) is 0 Å². The van der Waals surface area contributed by atoms with Gasteiger partial charge in [0.15, 0.2) is 0 Å². The molecule has 2 heterocycles. The molecule has 2 saturated heterocycles. The summed E-state index contributed by atoms with van der Waals surface area (Å²) in [6.45, 7) is 2.94. The van der Waals surface area contributed by atoms with E-state index in [2.05, 4.69) is 4.72 Å². The first kappa shape index (κ1) is 18.1. The molecule has 138 valence electrons. The number of carboxylic acids is 1. The van der Waals surface area contributed by atoms with Crippen molar-refractivity contribution in [1.29, 1.82) is 0 Å². The molecule has 1 aromatic rings. The van der Waals surface area contributed by atoms with Crippen molar-refractivity contribution in [3.8, 4) is 0 Å². The van der Waals surface area contributed by atoms with E-state index in [0.717, 1.165) is 12.8 Å². The van der Waals surface area contributed by atoms with Gasteiger partial charge in [-0.25, -0.2) is 17.9 Å². The number of ether oxygens (including phenoxy) is 2. The van der Waals surface area contributed by atoms with Crippen LogP contribution < -0.4 is 9.62 Å². The Hall–Kier alpha value is -1.68. The molecule has 2 fully saturated rings. The average molecular weight is 370 g/mol. The van der Waals surface area contributed by atoms with Gasteiger partial charge in [0.05, 0.1) is 30.6 Å². The van der Waals surface area contributed by atoms with Crippen LogP contribution in [0.3, 0.4) is 0 Å². The van der Waals surface area contributed by atoms with E-state index >= 15 is 0 Å². The molecule has 1 aromatic carbocycles. The van der Waals surface area contributed by atoms with E-state index in [9.17, 15) is 18.3 Å². The van der Waals surface area contributed by atoms with Crippen LogP contribution in [-0.2, 0) is 19.5 Å². The molecule has 0 radical (unpaired) electrons. The van der Waals surface area contributed by atoms with Crippen molar-refractivity contribution in [2.75, 3.05) is 44.4 Å². The third-order valence-corrected chi connectivity index (χ3v) is 5.83. The largest absolute Gasteiger partial charge is 0.478 e. The Morgan fingerprint density at radius 2 is 2.04 bits per heavy atom. The van der Waals surface area contributed by atoms with Crippen LogP contribution in [0.1, 0.15) is 23.2 Å². The number of nitrogens with one attached hydrogen (secondary N) is 1. The number of hydrogen-bond acceptors (Lipinski definition) is 6. The minimum atomic E-state index is -3.86. The monoisotopic (exact) mass is 370 g/mol. The van der Waals surface area contributed by atoms with E-state index in [0.29, 0.717) is 38.6 Å². The highest BCUT2D eigenvalue weighted by molar-refractivity contribution is 7.89. The highest BCUT2D eigenvalue weighted by atomic mass is 32.2. The summed E-state index contributed by atoms with van der Waals surface area (Å²) in [6, 6.07) is 4.19. The van der Waals surface area contributed by atoms with Crippen LogP contribution in [0.15, 0.2) is 23.1 Å². The van der Waals surface area contributed by atoms with Crippen molar-refractivity contribution in [3.63, 3.8) is 0 Å². The second-order valence-electron chi connectivity index (χ2n) is 6.07. The van der Waals surface area contributed by atoms with Gasteiger partial charge in [0.25, 0.3) is 0 Å². The van der Waals surface area contributed by atoms with Gasteiger partial charge in [0.1, 0.15) is 4.90 Å². The predicted molar refractivity (Wildman–Crippen MR) is 90.6 cm³/mol. The number of carboxylic acid groups (broad SMARTS) is 1. The molecule has 2 aliphatic rings. The Kier molecular flexibility index (Phi) is 5.57. The van der Waals surface area contributed by atoms with Crippen LogP contribution >= 0.6 is 0 Å². The molecule has 0 aliphatic carbocycles. The van der Waals surface area contributed by atoms with Gasteiger partial charge in [-0.1, -0.05) is 0 Å². The Labute approximate surface area is 146 Å². The highest BCUT2D eigenvalue weighted by Crippen LogP contribution is 2.27. The molecule has 2 N–H and O–H groups in total. The predicted octanol–water partition coefficient (Wildman–Crippen LogP) is 0.679. The number of benzene rings is 1. The minimum Gasteiger partial charge on any atom is -0.478 e. The standard InChI is InChI=1S/C16H22N2O6S/c19-16(20)12-3-4-14(18-5-8-23-9-6-18)15(10-12)25(21,22)17-11-13-2-1-7-24-13/h3-4,10,13,17H,1-2,5-9,11H2,(H,19,20). The van der Waals surface area contributed by atoms with Gasteiger partial charge in [-0.3, -0.25) is 0 Å².